The minimum Gasteiger partial charge on any atom is -0.395 e. The highest BCUT2D eigenvalue weighted by Gasteiger charge is 2.17. The van der Waals surface area contributed by atoms with E-state index in [-0.39, 0.29) is 30.1 Å². The number of nitro benzene ring substituents is 1. The number of carbonyl (C=O) groups excluding carboxylic acids is 1. The number of carbonyl (C=O) groups is 1. The average molecular weight is 315 g/mol. The molecule has 1 amide bonds. The zero-order valence-corrected chi connectivity index (χ0v) is 12.6. The second kappa shape index (κ2) is 7.37. The smallest absolute Gasteiger partial charge is 0.293 e. The van der Waals surface area contributed by atoms with Crippen molar-refractivity contribution in [2.24, 2.45) is 0 Å². The first-order valence-electron chi connectivity index (χ1n) is 7.02. The maximum Gasteiger partial charge on any atom is 0.293 e. The number of aliphatic hydroxyl groups excluding tert-OH is 1. The molecular weight excluding hydrogens is 298 g/mol. The van der Waals surface area contributed by atoms with Crippen LogP contribution in [0.3, 0.4) is 0 Å². The lowest BCUT2D eigenvalue weighted by molar-refractivity contribution is -0.384. The number of amides is 1. The highest BCUT2D eigenvalue weighted by molar-refractivity contribution is 6.05. The molecule has 7 nitrogen and oxygen atoms in total. The standard InChI is InChI=1S/C16H17N3O4/c1-11-3-2-4-13(9-11)18-16(21)12-5-6-14(17-7-8-20)15(10-12)19(22)23/h2-6,9-10,17,20H,7-8H2,1H3,(H,18,21). The largest absolute Gasteiger partial charge is 0.395 e. The summed E-state index contributed by atoms with van der Waals surface area (Å²) in [5, 5.41) is 25.4. The Bertz CT molecular complexity index is 731. The lowest BCUT2D eigenvalue weighted by atomic mass is 10.1. The average Bonchev–Trinajstić information content (AvgIpc) is 2.52. The summed E-state index contributed by atoms with van der Waals surface area (Å²) in [4.78, 5) is 22.8. The Balaban J connectivity index is 2.23. The minimum atomic E-state index is -0.566. The van der Waals surface area contributed by atoms with Crippen LogP contribution in [0.2, 0.25) is 0 Å². The number of hydrogen-bond acceptors (Lipinski definition) is 5. The fourth-order valence-electron chi connectivity index (χ4n) is 2.09. The Kier molecular flexibility index (Phi) is 5.27. The van der Waals surface area contributed by atoms with Crippen molar-refractivity contribution in [1.82, 2.24) is 0 Å². The SMILES string of the molecule is Cc1cccc(NC(=O)c2ccc(NCCO)c([N+](=O)[O-])c2)c1. The van der Waals surface area contributed by atoms with Gasteiger partial charge in [-0.25, -0.2) is 0 Å². The monoisotopic (exact) mass is 315 g/mol. The lowest BCUT2D eigenvalue weighted by Gasteiger charge is -2.09. The van der Waals surface area contributed by atoms with E-state index in [9.17, 15) is 14.9 Å². The van der Waals surface area contributed by atoms with E-state index >= 15 is 0 Å². The van der Waals surface area contributed by atoms with E-state index in [2.05, 4.69) is 10.6 Å². The van der Waals surface area contributed by atoms with Crippen molar-refractivity contribution in [3.8, 4) is 0 Å². The van der Waals surface area contributed by atoms with E-state index in [1.807, 2.05) is 25.1 Å². The van der Waals surface area contributed by atoms with E-state index < -0.39 is 10.8 Å². The summed E-state index contributed by atoms with van der Waals surface area (Å²) < 4.78 is 0. The van der Waals surface area contributed by atoms with Crippen molar-refractivity contribution < 1.29 is 14.8 Å². The van der Waals surface area contributed by atoms with Gasteiger partial charge in [0.1, 0.15) is 5.69 Å². The highest BCUT2D eigenvalue weighted by Crippen LogP contribution is 2.26. The van der Waals surface area contributed by atoms with Gasteiger partial charge in [0, 0.05) is 23.9 Å². The van der Waals surface area contributed by atoms with Crippen molar-refractivity contribution in [3.63, 3.8) is 0 Å². The third-order valence-electron chi connectivity index (χ3n) is 3.16. The van der Waals surface area contributed by atoms with Crippen LogP contribution in [0.25, 0.3) is 0 Å². The Morgan fingerprint density at radius 3 is 2.70 bits per heavy atom. The van der Waals surface area contributed by atoms with Crippen molar-refractivity contribution in [3.05, 3.63) is 63.7 Å². The topological polar surface area (TPSA) is 104 Å². The van der Waals surface area contributed by atoms with Gasteiger partial charge in [0.2, 0.25) is 0 Å². The summed E-state index contributed by atoms with van der Waals surface area (Å²) in [5.74, 6) is -0.424. The second-order valence-electron chi connectivity index (χ2n) is 4.96. The van der Waals surface area contributed by atoms with Crippen LogP contribution in [-0.2, 0) is 0 Å². The van der Waals surface area contributed by atoms with Gasteiger partial charge in [0.15, 0.2) is 0 Å². The fraction of sp³-hybridized carbons (Fsp3) is 0.188. The summed E-state index contributed by atoms with van der Waals surface area (Å²) in [6.07, 6.45) is 0. The number of aliphatic hydroxyl groups is 1. The van der Waals surface area contributed by atoms with Crippen molar-refractivity contribution >= 4 is 23.0 Å². The van der Waals surface area contributed by atoms with Gasteiger partial charge in [-0.3, -0.25) is 14.9 Å². The molecule has 23 heavy (non-hydrogen) atoms. The molecule has 0 unspecified atom stereocenters. The van der Waals surface area contributed by atoms with Crippen molar-refractivity contribution in [2.75, 3.05) is 23.8 Å². The second-order valence-corrected chi connectivity index (χ2v) is 4.96. The summed E-state index contributed by atoms with van der Waals surface area (Å²) in [7, 11) is 0. The van der Waals surface area contributed by atoms with E-state index in [1.165, 1.54) is 18.2 Å². The van der Waals surface area contributed by atoms with Gasteiger partial charge in [-0.1, -0.05) is 12.1 Å². The Morgan fingerprint density at radius 2 is 2.04 bits per heavy atom. The molecule has 2 aromatic carbocycles. The van der Waals surface area contributed by atoms with Crippen LogP contribution in [-0.4, -0.2) is 29.1 Å². The molecule has 0 atom stereocenters. The normalized spacial score (nSPS) is 10.2. The number of nitro groups is 1. The first-order chi connectivity index (χ1) is 11.0. The molecule has 3 N–H and O–H groups in total. The maximum absolute atomic E-state index is 12.2. The molecule has 2 rings (SSSR count). The van der Waals surface area contributed by atoms with Crippen molar-refractivity contribution in [2.45, 2.75) is 6.92 Å². The Labute approximate surface area is 133 Å². The van der Waals surface area contributed by atoms with Gasteiger partial charge < -0.3 is 15.7 Å². The van der Waals surface area contributed by atoms with E-state index in [0.29, 0.717) is 5.69 Å². The third kappa shape index (κ3) is 4.27. The molecule has 0 radical (unpaired) electrons. The number of benzene rings is 2. The van der Waals surface area contributed by atoms with Crippen LogP contribution >= 0.6 is 0 Å². The van der Waals surface area contributed by atoms with E-state index in [1.54, 1.807) is 6.07 Å². The number of anilines is 2. The Morgan fingerprint density at radius 1 is 1.26 bits per heavy atom. The molecule has 0 spiro atoms. The van der Waals surface area contributed by atoms with Gasteiger partial charge in [-0.05, 0) is 36.8 Å². The van der Waals surface area contributed by atoms with Crippen LogP contribution in [0.15, 0.2) is 42.5 Å². The molecule has 0 bridgehead atoms. The quantitative estimate of drug-likeness (QED) is 0.561. The van der Waals surface area contributed by atoms with Crippen LogP contribution < -0.4 is 10.6 Å². The van der Waals surface area contributed by atoms with Gasteiger partial charge in [0.05, 0.1) is 11.5 Å². The van der Waals surface area contributed by atoms with Gasteiger partial charge in [-0.2, -0.15) is 0 Å². The molecule has 0 aliphatic carbocycles. The summed E-state index contributed by atoms with van der Waals surface area (Å²) >= 11 is 0. The van der Waals surface area contributed by atoms with Gasteiger partial charge in [-0.15, -0.1) is 0 Å². The highest BCUT2D eigenvalue weighted by atomic mass is 16.6. The number of hydrogen-bond donors (Lipinski definition) is 3. The molecule has 0 heterocycles. The maximum atomic E-state index is 12.2. The molecule has 0 aliphatic rings. The first kappa shape index (κ1) is 16.4. The van der Waals surface area contributed by atoms with Crippen LogP contribution in [0.1, 0.15) is 15.9 Å². The molecular formula is C16H17N3O4. The fourth-order valence-corrected chi connectivity index (χ4v) is 2.09. The van der Waals surface area contributed by atoms with E-state index in [0.717, 1.165) is 5.56 Å². The zero-order chi connectivity index (χ0) is 16.8. The molecule has 0 fully saturated rings. The van der Waals surface area contributed by atoms with Gasteiger partial charge >= 0.3 is 0 Å². The number of nitrogens with zero attached hydrogens (tertiary/aromatic N) is 1. The summed E-state index contributed by atoms with van der Waals surface area (Å²) in [6, 6.07) is 11.4. The number of aryl methyl sites for hydroxylation is 1. The molecule has 7 heteroatoms. The lowest BCUT2D eigenvalue weighted by Crippen LogP contribution is -2.13. The minimum absolute atomic E-state index is 0.146. The first-order valence-corrected chi connectivity index (χ1v) is 7.02. The molecule has 0 aliphatic heterocycles. The predicted octanol–water partition coefficient (Wildman–Crippen LogP) is 2.56. The molecule has 0 saturated carbocycles. The summed E-state index contributed by atoms with van der Waals surface area (Å²) in [6.45, 7) is 1.95. The zero-order valence-electron chi connectivity index (χ0n) is 12.6. The van der Waals surface area contributed by atoms with Crippen LogP contribution in [0.4, 0.5) is 17.1 Å². The summed E-state index contributed by atoms with van der Waals surface area (Å²) in [5.41, 5.74) is 1.86. The van der Waals surface area contributed by atoms with Crippen LogP contribution in [0, 0.1) is 17.0 Å². The Hall–Kier alpha value is -2.93. The number of nitrogens with one attached hydrogen (secondary N) is 2. The van der Waals surface area contributed by atoms with Crippen molar-refractivity contribution in [1.29, 1.82) is 0 Å². The third-order valence-corrected chi connectivity index (χ3v) is 3.16. The molecule has 2 aromatic rings. The molecule has 0 saturated heterocycles. The number of rotatable bonds is 6. The van der Waals surface area contributed by atoms with Crippen LogP contribution in [0.5, 0.6) is 0 Å². The van der Waals surface area contributed by atoms with Gasteiger partial charge in [0.25, 0.3) is 11.6 Å². The predicted molar refractivity (Wildman–Crippen MR) is 87.8 cm³/mol. The van der Waals surface area contributed by atoms with E-state index in [4.69, 9.17) is 5.11 Å². The molecule has 120 valence electrons. The molecule has 0 aromatic heterocycles.